The summed E-state index contributed by atoms with van der Waals surface area (Å²) in [6.45, 7) is 1.80. The normalized spacial score (nSPS) is 19.9. The molecule has 3 heterocycles. The number of ether oxygens (including phenoxy) is 1. The number of rotatable bonds is 3. The summed E-state index contributed by atoms with van der Waals surface area (Å²) in [5.74, 6) is 0.447. The van der Waals surface area contributed by atoms with Crippen LogP contribution in [0.25, 0.3) is 22.3 Å². The molecule has 1 atom stereocenters. The average molecular weight is 374 g/mol. The Kier molecular flexibility index (Phi) is 3.59. The van der Waals surface area contributed by atoms with Crippen molar-refractivity contribution in [1.29, 1.82) is 5.26 Å². The number of nitrogens with one attached hydrogen (secondary N) is 1. The molecule has 0 radical (unpaired) electrons. The fourth-order valence-corrected chi connectivity index (χ4v) is 4.21. The maximum atomic E-state index is 11.7. The second-order valence-electron chi connectivity index (χ2n) is 7.35. The van der Waals surface area contributed by atoms with E-state index in [0.29, 0.717) is 29.2 Å². The first kappa shape index (κ1) is 16.7. The highest BCUT2D eigenvalue weighted by Crippen LogP contribution is 2.45. The number of fused-ring (bicyclic) bond motifs is 2. The van der Waals surface area contributed by atoms with E-state index >= 15 is 0 Å². The van der Waals surface area contributed by atoms with Crippen molar-refractivity contribution < 1.29 is 9.53 Å². The topological polar surface area (TPSA) is 106 Å². The van der Waals surface area contributed by atoms with Gasteiger partial charge in [0.15, 0.2) is 0 Å². The number of amides is 1. The lowest BCUT2D eigenvalue weighted by atomic mass is 9.74. The molecule has 8 heteroatoms. The second-order valence-corrected chi connectivity index (χ2v) is 7.35. The molecule has 8 nitrogen and oxygen atoms in total. The monoisotopic (exact) mass is 374 g/mol. The highest BCUT2D eigenvalue weighted by molar-refractivity contribution is 5.95. The molecular formula is C20H18N6O2. The standard InChI is InChI=1S/C20H18N6O2/c1-12-15-17(22-11-23-18(15)24-19(27)28-12)16-13-5-2-3-6-14(13)26(25-16)20(9-10-21)7-4-8-20/h2-3,5-6,11-12H,4,7-9H2,1H3,(H,22,23,24,27)/t12-/m0/s1. The van der Waals surface area contributed by atoms with Crippen LogP contribution in [-0.2, 0) is 10.3 Å². The summed E-state index contributed by atoms with van der Waals surface area (Å²) in [7, 11) is 0. The number of hydrogen-bond donors (Lipinski definition) is 1. The lowest BCUT2D eigenvalue weighted by Crippen LogP contribution is -2.41. The van der Waals surface area contributed by atoms with Crippen molar-refractivity contribution in [3.63, 3.8) is 0 Å². The van der Waals surface area contributed by atoms with Gasteiger partial charge in [-0.1, -0.05) is 18.2 Å². The van der Waals surface area contributed by atoms with Crippen LogP contribution in [0.4, 0.5) is 10.6 Å². The number of nitrogens with zero attached hydrogens (tertiary/aromatic N) is 5. The first-order chi connectivity index (χ1) is 13.6. The number of nitriles is 1. The Morgan fingerprint density at radius 3 is 2.89 bits per heavy atom. The van der Waals surface area contributed by atoms with Crippen LogP contribution in [0.3, 0.4) is 0 Å². The Balaban J connectivity index is 1.76. The zero-order chi connectivity index (χ0) is 19.3. The largest absolute Gasteiger partial charge is 0.441 e. The van der Waals surface area contributed by atoms with E-state index in [1.165, 1.54) is 6.33 Å². The fraction of sp³-hybridized carbons (Fsp3) is 0.350. The van der Waals surface area contributed by atoms with Crippen molar-refractivity contribution in [2.45, 2.75) is 44.2 Å². The van der Waals surface area contributed by atoms with Crippen molar-refractivity contribution >= 4 is 22.8 Å². The minimum absolute atomic E-state index is 0.268. The number of para-hydroxylation sites is 1. The summed E-state index contributed by atoms with van der Waals surface area (Å²) in [5.41, 5.74) is 2.77. The molecule has 0 spiro atoms. The number of carbonyl (C=O) groups excluding carboxylic acids is 1. The smallest absolute Gasteiger partial charge is 0.413 e. The van der Waals surface area contributed by atoms with Gasteiger partial charge in [-0.15, -0.1) is 0 Å². The predicted molar refractivity (Wildman–Crippen MR) is 101 cm³/mol. The first-order valence-electron chi connectivity index (χ1n) is 9.31. The Labute approximate surface area is 161 Å². The fourth-order valence-electron chi connectivity index (χ4n) is 4.21. The Bertz CT molecular complexity index is 1140. The molecular weight excluding hydrogens is 356 g/mol. The van der Waals surface area contributed by atoms with Gasteiger partial charge in [0.05, 0.1) is 29.1 Å². The van der Waals surface area contributed by atoms with E-state index in [-0.39, 0.29) is 5.54 Å². The van der Waals surface area contributed by atoms with Gasteiger partial charge in [-0.25, -0.2) is 14.8 Å². The molecule has 1 aromatic carbocycles. The van der Waals surface area contributed by atoms with Crippen LogP contribution in [0.15, 0.2) is 30.6 Å². The third-order valence-electron chi connectivity index (χ3n) is 5.75. The minimum atomic E-state index is -0.525. The summed E-state index contributed by atoms with van der Waals surface area (Å²) in [5, 5.41) is 17.9. The minimum Gasteiger partial charge on any atom is -0.441 e. The molecule has 0 unspecified atom stereocenters. The average Bonchev–Trinajstić information content (AvgIpc) is 3.04. The van der Waals surface area contributed by atoms with E-state index in [9.17, 15) is 10.1 Å². The summed E-state index contributed by atoms with van der Waals surface area (Å²) >= 11 is 0. The van der Waals surface area contributed by atoms with Gasteiger partial charge in [0.25, 0.3) is 0 Å². The van der Waals surface area contributed by atoms with Gasteiger partial charge < -0.3 is 4.74 Å². The SMILES string of the molecule is C[C@@H]1OC(=O)Nc2ncnc(-c3nn(C4(CC#N)CCC4)c4ccccc34)c21. The van der Waals surface area contributed by atoms with Gasteiger partial charge in [0.1, 0.15) is 29.6 Å². The molecule has 1 fully saturated rings. The molecule has 28 heavy (non-hydrogen) atoms. The number of benzene rings is 1. The summed E-state index contributed by atoms with van der Waals surface area (Å²) in [6.07, 6.45) is 3.80. The lowest BCUT2D eigenvalue weighted by Gasteiger charge is -2.40. The van der Waals surface area contributed by atoms with Crippen molar-refractivity contribution in [3.05, 3.63) is 36.2 Å². The van der Waals surface area contributed by atoms with Crippen LogP contribution < -0.4 is 5.32 Å². The van der Waals surface area contributed by atoms with E-state index < -0.39 is 12.2 Å². The highest BCUT2D eigenvalue weighted by atomic mass is 16.6. The van der Waals surface area contributed by atoms with E-state index in [4.69, 9.17) is 9.84 Å². The van der Waals surface area contributed by atoms with Gasteiger partial charge >= 0.3 is 6.09 Å². The quantitative estimate of drug-likeness (QED) is 0.745. The van der Waals surface area contributed by atoms with Crippen molar-refractivity contribution in [2.24, 2.45) is 0 Å². The number of aromatic nitrogens is 4. The molecule has 0 saturated heterocycles. The summed E-state index contributed by atoms with van der Waals surface area (Å²) < 4.78 is 7.33. The highest BCUT2D eigenvalue weighted by Gasteiger charge is 2.41. The zero-order valence-electron chi connectivity index (χ0n) is 15.3. The Morgan fingerprint density at radius 2 is 2.14 bits per heavy atom. The maximum Gasteiger partial charge on any atom is 0.413 e. The van der Waals surface area contributed by atoms with Gasteiger partial charge in [-0.05, 0) is 32.3 Å². The molecule has 1 N–H and O–H groups in total. The first-order valence-corrected chi connectivity index (χ1v) is 9.31. The number of carbonyl (C=O) groups is 1. The van der Waals surface area contributed by atoms with Crippen molar-refractivity contribution in [3.8, 4) is 17.5 Å². The van der Waals surface area contributed by atoms with Gasteiger partial charge in [0, 0.05) is 5.39 Å². The third-order valence-corrected chi connectivity index (χ3v) is 5.75. The van der Waals surface area contributed by atoms with E-state index in [1.807, 2.05) is 28.9 Å². The van der Waals surface area contributed by atoms with Gasteiger partial charge in [-0.3, -0.25) is 10.00 Å². The molecule has 0 bridgehead atoms. The molecule has 140 valence electrons. The van der Waals surface area contributed by atoms with E-state index in [2.05, 4.69) is 21.4 Å². The molecule has 1 aliphatic carbocycles. The van der Waals surface area contributed by atoms with Crippen molar-refractivity contribution in [1.82, 2.24) is 19.7 Å². The lowest BCUT2D eigenvalue weighted by molar-refractivity contribution is 0.116. The maximum absolute atomic E-state index is 11.7. The molecule has 3 aromatic rings. The van der Waals surface area contributed by atoms with Gasteiger partial charge in [0.2, 0.25) is 0 Å². The van der Waals surface area contributed by atoms with Crippen molar-refractivity contribution in [2.75, 3.05) is 5.32 Å². The number of cyclic esters (lactones) is 1. The van der Waals surface area contributed by atoms with Gasteiger partial charge in [-0.2, -0.15) is 10.4 Å². The van der Waals surface area contributed by atoms with Crippen LogP contribution in [0.1, 0.15) is 44.3 Å². The molecule has 1 saturated carbocycles. The summed E-state index contributed by atoms with van der Waals surface area (Å²) in [6, 6.07) is 10.3. The summed E-state index contributed by atoms with van der Waals surface area (Å²) in [4.78, 5) is 20.4. The Morgan fingerprint density at radius 1 is 1.32 bits per heavy atom. The predicted octanol–water partition coefficient (Wildman–Crippen LogP) is 3.91. The van der Waals surface area contributed by atoms with Crippen LogP contribution in [0, 0.1) is 11.3 Å². The van der Waals surface area contributed by atoms with Crippen LogP contribution in [-0.4, -0.2) is 25.8 Å². The molecule has 2 aromatic heterocycles. The third kappa shape index (κ3) is 2.29. The zero-order valence-corrected chi connectivity index (χ0v) is 15.3. The molecule has 1 amide bonds. The number of hydrogen-bond acceptors (Lipinski definition) is 6. The van der Waals surface area contributed by atoms with Crippen LogP contribution in [0.2, 0.25) is 0 Å². The number of anilines is 1. The van der Waals surface area contributed by atoms with Crippen LogP contribution in [0.5, 0.6) is 0 Å². The van der Waals surface area contributed by atoms with E-state index in [0.717, 1.165) is 30.2 Å². The second kappa shape index (κ2) is 6.02. The van der Waals surface area contributed by atoms with E-state index in [1.54, 1.807) is 6.92 Å². The molecule has 2 aliphatic rings. The molecule has 1 aliphatic heterocycles. The molecule has 5 rings (SSSR count). The Hall–Kier alpha value is -3.47. The van der Waals surface area contributed by atoms with Crippen LogP contribution >= 0.6 is 0 Å².